The zero-order valence-electron chi connectivity index (χ0n) is 17.5. The number of fused-ring (bicyclic) bond motifs is 1. The molecule has 1 aromatic carbocycles. The van der Waals surface area contributed by atoms with Crippen LogP contribution in [0.2, 0.25) is 0 Å². The van der Waals surface area contributed by atoms with Crippen LogP contribution in [-0.4, -0.2) is 40.0 Å². The molecular weight excluding hydrogens is 401 g/mol. The van der Waals surface area contributed by atoms with Gasteiger partial charge in [-0.25, -0.2) is 9.97 Å². The van der Waals surface area contributed by atoms with E-state index in [1.54, 1.807) is 7.11 Å². The van der Waals surface area contributed by atoms with Crippen LogP contribution in [0.25, 0.3) is 17.0 Å². The van der Waals surface area contributed by atoms with Crippen molar-refractivity contribution in [3.8, 4) is 17.1 Å². The van der Waals surface area contributed by atoms with E-state index < -0.39 is 0 Å². The Kier molecular flexibility index (Phi) is 5.11. The van der Waals surface area contributed by atoms with E-state index in [0.29, 0.717) is 34.1 Å². The zero-order chi connectivity index (χ0) is 21.4. The third-order valence-corrected chi connectivity index (χ3v) is 5.70. The monoisotopic (exact) mass is 425 g/mol. The lowest BCUT2D eigenvalue weighted by atomic mass is 9.97. The lowest BCUT2D eigenvalue weighted by Gasteiger charge is -2.22. The first-order valence-electron chi connectivity index (χ1n) is 10.3. The van der Waals surface area contributed by atoms with Gasteiger partial charge in [0, 0.05) is 37.1 Å². The number of oxazole rings is 1. The predicted molar refractivity (Wildman–Crippen MR) is 113 cm³/mol. The molecule has 1 fully saturated rings. The van der Waals surface area contributed by atoms with Crippen LogP contribution in [0.1, 0.15) is 36.0 Å². The summed E-state index contributed by atoms with van der Waals surface area (Å²) in [4.78, 5) is 8.97. The maximum absolute atomic E-state index is 14.3. The van der Waals surface area contributed by atoms with Crippen LogP contribution in [0.15, 0.2) is 41.4 Å². The molecule has 0 bridgehead atoms. The molecule has 0 atom stereocenters. The van der Waals surface area contributed by atoms with Gasteiger partial charge in [0.25, 0.3) is 0 Å². The van der Waals surface area contributed by atoms with Gasteiger partial charge in [0.15, 0.2) is 18.0 Å². The summed E-state index contributed by atoms with van der Waals surface area (Å²) in [6.07, 6.45) is 6.65. The largest absolute Gasteiger partial charge is 0.496 e. The van der Waals surface area contributed by atoms with Crippen molar-refractivity contribution in [3.05, 3.63) is 54.2 Å². The number of aromatic nitrogens is 3. The summed E-state index contributed by atoms with van der Waals surface area (Å²) in [6.45, 7) is 3.46. The van der Waals surface area contributed by atoms with E-state index in [-0.39, 0.29) is 6.67 Å². The summed E-state index contributed by atoms with van der Waals surface area (Å²) in [5.74, 6) is 2.34. The molecule has 31 heavy (non-hydrogen) atoms. The minimum Gasteiger partial charge on any atom is -0.496 e. The third-order valence-electron chi connectivity index (χ3n) is 5.70. The second kappa shape index (κ2) is 8.07. The van der Waals surface area contributed by atoms with E-state index in [2.05, 4.69) is 10.3 Å². The van der Waals surface area contributed by atoms with Gasteiger partial charge < -0.3 is 23.8 Å². The van der Waals surface area contributed by atoms with Crippen LogP contribution in [0, 0.1) is 6.92 Å². The highest BCUT2D eigenvalue weighted by molar-refractivity contribution is 5.78. The summed E-state index contributed by atoms with van der Waals surface area (Å²) in [7, 11) is 1.60. The van der Waals surface area contributed by atoms with Gasteiger partial charge in [-0.05, 0) is 31.9 Å². The van der Waals surface area contributed by atoms with Crippen molar-refractivity contribution >= 4 is 11.4 Å². The Bertz CT molecular complexity index is 1120. The molecule has 0 radical (unpaired) electrons. The van der Waals surface area contributed by atoms with Crippen molar-refractivity contribution in [2.24, 2.45) is 0 Å². The van der Waals surface area contributed by atoms with Gasteiger partial charge in [0.1, 0.15) is 18.1 Å². The summed E-state index contributed by atoms with van der Waals surface area (Å²) >= 11 is 0. The first-order valence-corrected chi connectivity index (χ1v) is 10.3. The number of nitrogens with one attached hydrogen (secondary N) is 1. The maximum atomic E-state index is 14.3. The lowest BCUT2D eigenvalue weighted by molar-refractivity contribution is 0.0482. The van der Waals surface area contributed by atoms with Crippen molar-refractivity contribution in [1.82, 2.24) is 19.7 Å². The fraction of sp³-hybridized carbons (Fsp3) is 0.364. The molecule has 2 aliphatic rings. The molecule has 1 N–H and O–H groups in total. The standard InChI is InChI=1S/C22H24FN5O3/c1-14-21(31-12-24-14)17-4-3-16(9-20(17)29-2)25-19-11-28(23)13-27-10-18(26-22(19)27)15-5-7-30-8-6-15/h3-4,9-12,15,25H,5-8,13H2,1-2H3. The van der Waals surface area contributed by atoms with E-state index in [4.69, 9.17) is 18.9 Å². The van der Waals surface area contributed by atoms with Crippen LogP contribution in [0.5, 0.6) is 5.75 Å². The minimum atomic E-state index is 0.115. The molecule has 2 aromatic heterocycles. The minimum absolute atomic E-state index is 0.115. The normalized spacial score (nSPS) is 16.7. The number of imidazole rings is 1. The Hall–Kier alpha value is -3.33. The molecule has 0 amide bonds. The number of halogens is 1. The number of rotatable bonds is 5. The van der Waals surface area contributed by atoms with Gasteiger partial charge in [-0.2, -0.15) is 5.12 Å². The number of ether oxygens (including phenoxy) is 2. The average molecular weight is 425 g/mol. The maximum Gasteiger partial charge on any atom is 0.181 e. The Morgan fingerprint density at radius 3 is 2.84 bits per heavy atom. The quantitative estimate of drug-likeness (QED) is 0.610. The molecular formula is C22H24FN5O3. The number of hydrogen-bond donors (Lipinski definition) is 1. The molecule has 0 spiro atoms. The van der Waals surface area contributed by atoms with Crippen molar-refractivity contribution in [2.75, 3.05) is 25.6 Å². The summed E-state index contributed by atoms with van der Waals surface area (Å²) < 4.78 is 32.7. The van der Waals surface area contributed by atoms with Gasteiger partial charge in [-0.1, -0.05) is 4.48 Å². The number of benzene rings is 1. The first-order chi connectivity index (χ1) is 15.1. The fourth-order valence-corrected chi connectivity index (χ4v) is 4.09. The zero-order valence-corrected chi connectivity index (χ0v) is 17.5. The lowest BCUT2D eigenvalue weighted by Crippen LogP contribution is -2.22. The molecule has 9 heteroatoms. The molecule has 0 saturated carbocycles. The summed E-state index contributed by atoms with van der Waals surface area (Å²) in [5.41, 5.74) is 3.90. The molecule has 1 saturated heterocycles. The SMILES string of the molecule is COc1cc(NC2=CN(F)Cn3cc(C4CCOCC4)nc32)ccc1-c1ocnc1C. The van der Waals surface area contributed by atoms with E-state index in [9.17, 15) is 4.48 Å². The topological polar surface area (TPSA) is 77.6 Å². The first kappa shape index (κ1) is 19.6. The highest BCUT2D eigenvalue weighted by Gasteiger charge is 2.25. The Morgan fingerprint density at radius 2 is 2.10 bits per heavy atom. The van der Waals surface area contributed by atoms with E-state index >= 15 is 0 Å². The number of aryl methyl sites for hydroxylation is 1. The number of hydrogen-bond acceptors (Lipinski definition) is 7. The van der Waals surface area contributed by atoms with Gasteiger partial charge in [0.05, 0.1) is 30.3 Å². The molecule has 5 rings (SSSR count). The average Bonchev–Trinajstić information content (AvgIpc) is 3.40. The predicted octanol–water partition coefficient (Wildman–Crippen LogP) is 4.32. The molecule has 4 heterocycles. The molecule has 0 aliphatic carbocycles. The van der Waals surface area contributed by atoms with Gasteiger partial charge in [-0.3, -0.25) is 0 Å². The van der Waals surface area contributed by atoms with E-state index in [1.807, 2.05) is 35.9 Å². The van der Waals surface area contributed by atoms with Crippen molar-refractivity contribution < 1.29 is 18.4 Å². The van der Waals surface area contributed by atoms with E-state index in [1.165, 1.54) is 12.6 Å². The van der Waals surface area contributed by atoms with Crippen molar-refractivity contribution in [1.29, 1.82) is 0 Å². The Morgan fingerprint density at radius 1 is 1.26 bits per heavy atom. The van der Waals surface area contributed by atoms with E-state index in [0.717, 1.165) is 48.7 Å². The molecule has 2 aliphatic heterocycles. The molecule has 8 nitrogen and oxygen atoms in total. The van der Waals surface area contributed by atoms with Gasteiger partial charge in [0.2, 0.25) is 0 Å². The number of methoxy groups -OCH3 is 1. The summed E-state index contributed by atoms with van der Waals surface area (Å²) in [5, 5.41) is 3.94. The van der Waals surface area contributed by atoms with Crippen LogP contribution in [0.4, 0.5) is 10.2 Å². The third kappa shape index (κ3) is 3.76. The number of nitrogens with zero attached hydrogens (tertiary/aromatic N) is 4. The van der Waals surface area contributed by atoms with Gasteiger partial charge >= 0.3 is 0 Å². The second-order valence-electron chi connectivity index (χ2n) is 7.74. The molecule has 162 valence electrons. The highest BCUT2D eigenvalue weighted by atomic mass is 19.2. The van der Waals surface area contributed by atoms with Crippen molar-refractivity contribution in [3.63, 3.8) is 0 Å². The van der Waals surface area contributed by atoms with Gasteiger partial charge in [-0.15, -0.1) is 0 Å². The van der Waals surface area contributed by atoms with Crippen LogP contribution >= 0.6 is 0 Å². The second-order valence-corrected chi connectivity index (χ2v) is 7.74. The van der Waals surface area contributed by atoms with Crippen molar-refractivity contribution in [2.45, 2.75) is 32.4 Å². The smallest absolute Gasteiger partial charge is 0.181 e. The Labute approximate surface area is 179 Å². The highest BCUT2D eigenvalue weighted by Crippen LogP contribution is 2.36. The molecule has 3 aromatic rings. The summed E-state index contributed by atoms with van der Waals surface area (Å²) in [6, 6.07) is 5.64. The number of anilines is 1. The fourth-order valence-electron chi connectivity index (χ4n) is 4.09. The molecule has 0 unspecified atom stereocenters. The van der Waals surface area contributed by atoms with Crippen LogP contribution < -0.4 is 10.1 Å². The van der Waals surface area contributed by atoms with Crippen LogP contribution in [-0.2, 0) is 11.4 Å². The van der Waals surface area contributed by atoms with Crippen LogP contribution in [0.3, 0.4) is 0 Å². The Balaban J connectivity index is 1.43.